The Morgan fingerprint density at radius 3 is 3.07 bits per heavy atom. The van der Waals surface area contributed by atoms with Crippen molar-refractivity contribution in [2.75, 3.05) is 0 Å². The summed E-state index contributed by atoms with van der Waals surface area (Å²) in [6.07, 6.45) is 8.60. The van der Waals surface area contributed by atoms with Crippen LogP contribution in [0.4, 0.5) is 0 Å². The summed E-state index contributed by atoms with van der Waals surface area (Å²) in [6.45, 7) is 3.00. The van der Waals surface area contributed by atoms with Crippen LogP contribution in [0.5, 0.6) is 0 Å². The maximum atomic E-state index is 9.33. The van der Waals surface area contributed by atoms with E-state index < -0.39 is 0 Å². The molecule has 1 heterocycles. The third-order valence-electron chi connectivity index (χ3n) is 2.63. The molecule has 0 saturated carbocycles. The first kappa shape index (κ1) is 9.46. The van der Waals surface area contributed by atoms with Gasteiger partial charge < -0.3 is 5.11 Å². The highest BCUT2D eigenvalue weighted by molar-refractivity contribution is 5.20. The molecule has 0 radical (unpaired) electrons. The summed E-state index contributed by atoms with van der Waals surface area (Å²) in [5.74, 6) is 0. The predicted molar refractivity (Wildman–Crippen MR) is 54.9 cm³/mol. The van der Waals surface area contributed by atoms with Crippen molar-refractivity contribution < 1.29 is 5.11 Å². The van der Waals surface area contributed by atoms with Crippen LogP contribution in [0, 0.1) is 0 Å². The fourth-order valence-electron chi connectivity index (χ4n) is 1.85. The van der Waals surface area contributed by atoms with Gasteiger partial charge in [0.1, 0.15) is 0 Å². The molecule has 1 atom stereocenters. The van der Waals surface area contributed by atoms with Gasteiger partial charge in [0.15, 0.2) is 0 Å². The topological polar surface area (TPSA) is 38.0 Å². The van der Waals surface area contributed by atoms with Gasteiger partial charge in [-0.25, -0.2) is 0 Å². The molecule has 0 saturated heterocycles. The number of hydrogen-bond donors (Lipinski definition) is 1. The van der Waals surface area contributed by atoms with E-state index in [0.717, 1.165) is 25.8 Å². The highest BCUT2D eigenvalue weighted by Crippen LogP contribution is 2.21. The Kier molecular flexibility index (Phi) is 2.68. The molecule has 0 spiro atoms. The lowest BCUT2D eigenvalue weighted by molar-refractivity contribution is 0.223. The van der Waals surface area contributed by atoms with E-state index in [1.165, 1.54) is 11.1 Å². The number of aliphatic hydroxyl groups is 1. The predicted octanol–water partition coefficient (Wildman–Crippen LogP) is 1.53. The molecule has 0 aromatic carbocycles. The second-order valence-corrected chi connectivity index (χ2v) is 3.81. The normalized spacial score (nSPS) is 21.3. The van der Waals surface area contributed by atoms with Crippen molar-refractivity contribution >= 4 is 0 Å². The molecule has 1 aromatic heterocycles. The zero-order chi connectivity index (χ0) is 9.97. The van der Waals surface area contributed by atoms with Gasteiger partial charge in [-0.15, -0.1) is 0 Å². The monoisotopic (exact) mass is 192 g/mol. The van der Waals surface area contributed by atoms with Crippen LogP contribution in [0.2, 0.25) is 0 Å². The highest BCUT2D eigenvalue weighted by Gasteiger charge is 2.13. The first-order chi connectivity index (χ1) is 6.78. The second kappa shape index (κ2) is 3.96. The summed E-state index contributed by atoms with van der Waals surface area (Å²) in [5.41, 5.74) is 2.58. The van der Waals surface area contributed by atoms with E-state index in [-0.39, 0.29) is 6.10 Å². The average molecular weight is 192 g/mol. The molecule has 3 nitrogen and oxygen atoms in total. The maximum Gasteiger partial charge on any atom is 0.0726 e. The molecule has 1 aliphatic carbocycles. The third-order valence-corrected chi connectivity index (χ3v) is 2.63. The summed E-state index contributed by atoms with van der Waals surface area (Å²) in [5, 5.41) is 13.6. The maximum absolute atomic E-state index is 9.33. The molecule has 1 aliphatic rings. The summed E-state index contributed by atoms with van der Waals surface area (Å²) < 4.78 is 1.93. The summed E-state index contributed by atoms with van der Waals surface area (Å²) >= 11 is 0. The minimum atomic E-state index is -0.216. The van der Waals surface area contributed by atoms with Crippen molar-refractivity contribution in [3.63, 3.8) is 0 Å². The van der Waals surface area contributed by atoms with E-state index in [9.17, 15) is 5.11 Å². The Morgan fingerprint density at radius 2 is 2.50 bits per heavy atom. The molecule has 0 bridgehead atoms. The van der Waals surface area contributed by atoms with E-state index in [1.807, 2.05) is 17.0 Å². The SMILES string of the molecule is CCn1cc(CC2=CC(O)CC2)cn1. The van der Waals surface area contributed by atoms with Gasteiger partial charge in [-0.3, -0.25) is 4.68 Å². The van der Waals surface area contributed by atoms with Gasteiger partial charge in [-0.1, -0.05) is 11.6 Å². The highest BCUT2D eigenvalue weighted by atomic mass is 16.3. The molecule has 0 aliphatic heterocycles. The first-order valence-electron chi connectivity index (χ1n) is 5.17. The van der Waals surface area contributed by atoms with Crippen molar-refractivity contribution in [2.45, 2.75) is 38.8 Å². The first-order valence-corrected chi connectivity index (χ1v) is 5.17. The van der Waals surface area contributed by atoms with Gasteiger partial charge in [0.25, 0.3) is 0 Å². The third kappa shape index (κ3) is 2.04. The standard InChI is InChI=1S/C11H16N2O/c1-2-13-8-10(7-12-13)5-9-3-4-11(14)6-9/h6-8,11,14H,2-5H2,1H3. The van der Waals surface area contributed by atoms with Crippen LogP contribution in [0.3, 0.4) is 0 Å². The Morgan fingerprint density at radius 1 is 1.64 bits per heavy atom. The molecule has 14 heavy (non-hydrogen) atoms. The van der Waals surface area contributed by atoms with Gasteiger partial charge in [0.2, 0.25) is 0 Å². The van der Waals surface area contributed by atoms with E-state index in [1.54, 1.807) is 0 Å². The van der Waals surface area contributed by atoms with Gasteiger partial charge in [-0.05, 0) is 31.7 Å². The van der Waals surface area contributed by atoms with Crippen LogP contribution in [0.25, 0.3) is 0 Å². The van der Waals surface area contributed by atoms with Crippen LogP contribution < -0.4 is 0 Å². The summed E-state index contributed by atoms with van der Waals surface area (Å²) in [6, 6.07) is 0. The summed E-state index contributed by atoms with van der Waals surface area (Å²) in [7, 11) is 0. The van der Waals surface area contributed by atoms with E-state index in [2.05, 4.69) is 18.2 Å². The minimum Gasteiger partial charge on any atom is -0.389 e. The fraction of sp³-hybridized carbons (Fsp3) is 0.545. The van der Waals surface area contributed by atoms with E-state index in [0.29, 0.717) is 0 Å². The van der Waals surface area contributed by atoms with E-state index in [4.69, 9.17) is 0 Å². The quantitative estimate of drug-likeness (QED) is 0.737. The van der Waals surface area contributed by atoms with Crippen LogP contribution in [-0.2, 0) is 13.0 Å². The summed E-state index contributed by atoms with van der Waals surface area (Å²) in [4.78, 5) is 0. The smallest absolute Gasteiger partial charge is 0.0726 e. The molecular formula is C11H16N2O. The zero-order valence-electron chi connectivity index (χ0n) is 8.48. The molecule has 1 N–H and O–H groups in total. The molecule has 1 unspecified atom stereocenters. The molecule has 76 valence electrons. The van der Waals surface area contributed by atoms with Crippen LogP contribution >= 0.6 is 0 Å². The van der Waals surface area contributed by atoms with Crippen LogP contribution in [0.1, 0.15) is 25.3 Å². The number of hydrogen-bond acceptors (Lipinski definition) is 2. The fourth-order valence-corrected chi connectivity index (χ4v) is 1.85. The molecule has 2 rings (SSSR count). The lowest BCUT2D eigenvalue weighted by Crippen LogP contribution is -1.93. The Bertz CT molecular complexity index is 341. The number of nitrogens with zero attached hydrogens (tertiary/aromatic N) is 2. The van der Waals surface area contributed by atoms with Crippen molar-refractivity contribution in [3.05, 3.63) is 29.6 Å². The van der Waals surface area contributed by atoms with Gasteiger partial charge >= 0.3 is 0 Å². The van der Waals surface area contributed by atoms with Crippen LogP contribution in [0.15, 0.2) is 24.0 Å². The Balaban J connectivity index is 2.00. The number of aromatic nitrogens is 2. The second-order valence-electron chi connectivity index (χ2n) is 3.81. The van der Waals surface area contributed by atoms with Gasteiger partial charge in [-0.2, -0.15) is 5.10 Å². The van der Waals surface area contributed by atoms with Crippen molar-refractivity contribution in [1.29, 1.82) is 0 Å². The average Bonchev–Trinajstić information content (AvgIpc) is 2.76. The molecule has 0 amide bonds. The van der Waals surface area contributed by atoms with Crippen LogP contribution in [-0.4, -0.2) is 21.0 Å². The number of rotatable bonds is 3. The molecule has 3 heteroatoms. The number of aliphatic hydroxyl groups excluding tert-OH is 1. The van der Waals surface area contributed by atoms with Gasteiger partial charge in [0, 0.05) is 12.7 Å². The molecule has 1 aromatic rings. The lowest BCUT2D eigenvalue weighted by Gasteiger charge is -1.96. The number of aryl methyl sites for hydroxylation is 1. The Hall–Kier alpha value is -1.09. The van der Waals surface area contributed by atoms with Crippen molar-refractivity contribution in [2.24, 2.45) is 0 Å². The minimum absolute atomic E-state index is 0.216. The Labute approximate surface area is 84.1 Å². The molecule has 0 fully saturated rings. The number of allylic oxidation sites excluding steroid dienone is 1. The van der Waals surface area contributed by atoms with Crippen molar-refractivity contribution in [1.82, 2.24) is 9.78 Å². The molecular weight excluding hydrogens is 176 g/mol. The zero-order valence-corrected chi connectivity index (χ0v) is 8.48. The van der Waals surface area contributed by atoms with Crippen molar-refractivity contribution in [3.8, 4) is 0 Å². The van der Waals surface area contributed by atoms with E-state index >= 15 is 0 Å². The lowest BCUT2D eigenvalue weighted by atomic mass is 10.1. The van der Waals surface area contributed by atoms with Gasteiger partial charge in [0.05, 0.1) is 12.3 Å². The largest absolute Gasteiger partial charge is 0.389 e.